The smallest absolute Gasteiger partial charge is 0.233 e. The maximum Gasteiger partial charge on any atom is 0.233 e. The van der Waals surface area contributed by atoms with Crippen LogP contribution in [0.25, 0.3) is 0 Å². The molecule has 28 heavy (non-hydrogen) atoms. The van der Waals surface area contributed by atoms with E-state index in [1.165, 1.54) is 62.5 Å². The fraction of sp³-hybridized carbons (Fsp3) is 0.462. The third kappa shape index (κ3) is 7.07. The molecule has 0 fully saturated rings. The summed E-state index contributed by atoms with van der Waals surface area (Å²) in [5.41, 5.74) is 3.41. The Morgan fingerprint density at radius 1 is 0.536 bits per heavy atom. The summed E-state index contributed by atoms with van der Waals surface area (Å²) in [7, 11) is 0. The molecule has 0 saturated heterocycles. The van der Waals surface area contributed by atoms with Crippen LogP contribution in [0.15, 0.2) is 48.5 Å². The van der Waals surface area contributed by atoms with E-state index < -0.39 is 11.6 Å². The first-order chi connectivity index (χ1) is 13.7. The van der Waals surface area contributed by atoms with E-state index in [-0.39, 0.29) is 0 Å². The number of carbonyl (C=O) groups is 2. The average Bonchev–Trinajstić information content (AvgIpc) is 2.74. The highest BCUT2D eigenvalue weighted by molar-refractivity contribution is 6.49. The second-order valence-corrected chi connectivity index (χ2v) is 7.67. The first-order valence-corrected chi connectivity index (χ1v) is 10.9. The van der Waals surface area contributed by atoms with Crippen molar-refractivity contribution < 1.29 is 9.59 Å². The van der Waals surface area contributed by atoms with E-state index in [9.17, 15) is 9.59 Å². The molecule has 0 radical (unpaired) electrons. The van der Waals surface area contributed by atoms with Gasteiger partial charge in [-0.2, -0.15) is 0 Å². The van der Waals surface area contributed by atoms with Crippen LogP contribution in [0.1, 0.15) is 97.1 Å². The van der Waals surface area contributed by atoms with Crippen molar-refractivity contribution in [2.45, 2.75) is 78.1 Å². The predicted octanol–water partition coefficient (Wildman–Crippen LogP) is 7.00. The number of hydrogen-bond acceptors (Lipinski definition) is 2. The van der Waals surface area contributed by atoms with Gasteiger partial charge in [-0.3, -0.25) is 9.59 Å². The molecule has 2 nitrogen and oxygen atoms in total. The normalized spacial score (nSPS) is 10.8. The molecule has 0 heterocycles. The molecule has 0 aliphatic heterocycles. The first-order valence-electron chi connectivity index (χ1n) is 10.9. The predicted molar refractivity (Wildman–Crippen MR) is 117 cm³/mol. The minimum absolute atomic E-state index is 0.423. The fourth-order valence-corrected chi connectivity index (χ4v) is 3.42. The third-order valence-electron chi connectivity index (χ3n) is 5.28. The summed E-state index contributed by atoms with van der Waals surface area (Å²) in [6.45, 7) is 4.41. The summed E-state index contributed by atoms with van der Waals surface area (Å²) in [5.74, 6) is -0.846. The zero-order valence-corrected chi connectivity index (χ0v) is 17.5. The molecule has 150 valence electrons. The minimum atomic E-state index is -0.423. The highest BCUT2D eigenvalue weighted by atomic mass is 16.2. The summed E-state index contributed by atoms with van der Waals surface area (Å²) >= 11 is 0. The molecule has 0 aliphatic carbocycles. The van der Waals surface area contributed by atoms with Crippen molar-refractivity contribution in [2.75, 3.05) is 0 Å². The van der Waals surface area contributed by atoms with Crippen LogP contribution in [-0.2, 0) is 12.8 Å². The molecule has 0 atom stereocenters. The largest absolute Gasteiger partial charge is 0.285 e. The van der Waals surface area contributed by atoms with Gasteiger partial charge in [0.15, 0.2) is 0 Å². The van der Waals surface area contributed by atoms with E-state index >= 15 is 0 Å². The number of benzene rings is 2. The standard InChI is InChI=1S/C26H34O2/c1-3-5-7-9-11-21-13-17-23(18-14-21)25(27)26(28)24-19-15-22(16-20-24)12-10-8-6-4-2/h13-20H,3-12H2,1-2H3. The molecule has 0 aliphatic rings. The Kier molecular flexibility index (Phi) is 9.68. The Morgan fingerprint density at radius 2 is 0.893 bits per heavy atom. The van der Waals surface area contributed by atoms with E-state index in [4.69, 9.17) is 0 Å². The van der Waals surface area contributed by atoms with E-state index in [0.29, 0.717) is 11.1 Å². The van der Waals surface area contributed by atoms with Crippen molar-refractivity contribution >= 4 is 11.6 Å². The van der Waals surface area contributed by atoms with Crippen molar-refractivity contribution in [2.24, 2.45) is 0 Å². The maximum atomic E-state index is 12.5. The number of rotatable bonds is 13. The molecule has 2 aromatic rings. The monoisotopic (exact) mass is 378 g/mol. The molecule has 2 heteroatoms. The Bertz CT molecular complexity index is 661. The Labute approximate surface area is 170 Å². The van der Waals surface area contributed by atoms with E-state index in [1.54, 1.807) is 24.3 Å². The molecule has 0 unspecified atom stereocenters. The SMILES string of the molecule is CCCCCCc1ccc(C(=O)C(=O)c2ccc(CCCCCC)cc2)cc1. The maximum absolute atomic E-state index is 12.5. The lowest BCUT2D eigenvalue weighted by atomic mass is 9.97. The van der Waals surface area contributed by atoms with E-state index in [0.717, 1.165) is 12.8 Å². The van der Waals surface area contributed by atoms with Gasteiger partial charge in [0.25, 0.3) is 0 Å². The lowest BCUT2D eigenvalue weighted by molar-refractivity contribution is 0.0817. The topological polar surface area (TPSA) is 34.1 Å². The zero-order chi connectivity index (χ0) is 20.2. The van der Waals surface area contributed by atoms with Crippen LogP contribution in [-0.4, -0.2) is 11.6 Å². The van der Waals surface area contributed by atoms with Crippen LogP contribution in [0.2, 0.25) is 0 Å². The summed E-state index contributed by atoms with van der Waals surface area (Å²) in [5, 5.41) is 0. The van der Waals surface area contributed by atoms with E-state index in [2.05, 4.69) is 13.8 Å². The fourth-order valence-electron chi connectivity index (χ4n) is 3.42. The van der Waals surface area contributed by atoms with Gasteiger partial charge >= 0.3 is 0 Å². The molecule has 0 spiro atoms. The Hall–Kier alpha value is -2.22. The highest BCUT2D eigenvalue weighted by Gasteiger charge is 2.18. The average molecular weight is 379 g/mol. The van der Waals surface area contributed by atoms with Crippen molar-refractivity contribution in [3.8, 4) is 0 Å². The minimum Gasteiger partial charge on any atom is -0.285 e. The van der Waals surface area contributed by atoms with Crippen LogP contribution < -0.4 is 0 Å². The molecule has 0 saturated carbocycles. The zero-order valence-electron chi connectivity index (χ0n) is 17.5. The molecule has 0 aromatic heterocycles. The summed E-state index contributed by atoms with van der Waals surface area (Å²) < 4.78 is 0. The summed E-state index contributed by atoms with van der Waals surface area (Å²) in [4.78, 5) is 25.1. The number of carbonyl (C=O) groups excluding carboxylic acids is 2. The summed E-state index contributed by atoms with van der Waals surface area (Å²) in [6.07, 6.45) is 11.9. The van der Waals surface area contributed by atoms with E-state index in [1.807, 2.05) is 24.3 Å². The Balaban J connectivity index is 1.90. The highest BCUT2D eigenvalue weighted by Crippen LogP contribution is 2.14. The number of hydrogen-bond donors (Lipinski definition) is 0. The van der Waals surface area contributed by atoms with Gasteiger partial charge in [0.1, 0.15) is 0 Å². The van der Waals surface area contributed by atoms with Crippen LogP contribution in [0.3, 0.4) is 0 Å². The van der Waals surface area contributed by atoms with Crippen molar-refractivity contribution in [3.05, 3.63) is 70.8 Å². The Morgan fingerprint density at radius 3 is 1.21 bits per heavy atom. The van der Waals surface area contributed by atoms with Gasteiger partial charge < -0.3 is 0 Å². The molecular formula is C26H34O2. The van der Waals surface area contributed by atoms with Crippen LogP contribution in [0, 0.1) is 0 Å². The molecular weight excluding hydrogens is 344 g/mol. The lowest BCUT2D eigenvalue weighted by Crippen LogP contribution is -2.14. The second kappa shape index (κ2) is 12.3. The lowest BCUT2D eigenvalue weighted by Gasteiger charge is -2.05. The van der Waals surface area contributed by atoms with Crippen molar-refractivity contribution in [1.82, 2.24) is 0 Å². The van der Waals surface area contributed by atoms with Gasteiger partial charge in [-0.25, -0.2) is 0 Å². The first kappa shape index (κ1) is 22.1. The number of Topliss-reactive ketones (excluding diaryl/α,β-unsaturated/α-hetero) is 2. The van der Waals surface area contributed by atoms with Gasteiger partial charge in [-0.05, 0) is 36.8 Å². The molecule has 2 rings (SSSR count). The summed E-state index contributed by atoms with van der Waals surface area (Å²) in [6, 6.07) is 15.1. The second-order valence-electron chi connectivity index (χ2n) is 7.67. The van der Waals surface area contributed by atoms with Crippen molar-refractivity contribution in [3.63, 3.8) is 0 Å². The molecule has 0 amide bonds. The van der Waals surface area contributed by atoms with Gasteiger partial charge in [0.05, 0.1) is 0 Å². The number of aryl methyl sites for hydroxylation is 2. The molecule has 2 aromatic carbocycles. The molecule has 0 N–H and O–H groups in total. The number of unbranched alkanes of at least 4 members (excludes halogenated alkanes) is 6. The van der Waals surface area contributed by atoms with Gasteiger partial charge in [0.2, 0.25) is 11.6 Å². The number of ketones is 2. The van der Waals surface area contributed by atoms with Gasteiger partial charge in [-0.15, -0.1) is 0 Å². The van der Waals surface area contributed by atoms with Gasteiger partial charge in [-0.1, -0.05) is 101 Å². The van der Waals surface area contributed by atoms with Crippen LogP contribution >= 0.6 is 0 Å². The van der Waals surface area contributed by atoms with Crippen molar-refractivity contribution in [1.29, 1.82) is 0 Å². The quantitative estimate of drug-likeness (QED) is 0.214. The third-order valence-corrected chi connectivity index (χ3v) is 5.28. The van der Waals surface area contributed by atoms with Crippen LogP contribution in [0.4, 0.5) is 0 Å². The molecule has 0 bridgehead atoms. The van der Waals surface area contributed by atoms with Gasteiger partial charge in [0, 0.05) is 11.1 Å². The van der Waals surface area contributed by atoms with Crippen LogP contribution in [0.5, 0.6) is 0 Å².